The summed E-state index contributed by atoms with van der Waals surface area (Å²) in [7, 11) is -1.81. The van der Waals surface area contributed by atoms with Gasteiger partial charge in [-0.15, -0.1) is 0 Å². The Kier molecular flexibility index (Phi) is 6.15. The number of nitrogens with zero attached hydrogens (tertiary/aromatic N) is 3. The number of carbonyl (C=O) groups excluding carboxylic acids is 1. The number of benzene rings is 2. The second-order valence-corrected chi connectivity index (χ2v) is 10.3. The number of nitrogens with one attached hydrogen (secondary N) is 1. The van der Waals surface area contributed by atoms with Gasteiger partial charge in [0.25, 0.3) is 0 Å². The summed E-state index contributed by atoms with van der Waals surface area (Å²) in [6.45, 7) is 3.28. The average Bonchev–Trinajstić information content (AvgIpc) is 3.23. The number of hydrogen-bond donors (Lipinski definition) is 1. The molecule has 2 aromatic carbocycles. The van der Waals surface area contributed by atoms with Gasteiger partial charge >= 0.3 is 0 Å². The van der Waals surface area contributed by atoms with E-state index in [1.165, 1.54) is 19.2 Å². The first kappa shape index (κ1) is 22.5. The molecule has 0 atom stereocenters. The number of sulfone groups is 1. The van der Waals surface area contributed by atoms with Crippen LogP contribution in [0.25, 0.3) is 17.0 Å². The molecule has 9 heteroatoms. The van der Waals surface area contributed by atoms with Crippen LogP contribution in [0.15, 0.2) is 72.0 Å². The topological polar surface area (TPSA) is 103 Å². The molecule has 8 nitrogen and oxygen atoms in total. The minimum absolute atomic E-state index is 0.0909. The second kappa shape index (κ2) is 9.03. The van der Waals surface area contributed by atoms with E-state index in [2.05, 4.69) is 15.3 Å². The lowest BCUT2D eigenvalue weighted by Gasteiger charge is -2.12. The van der Waals surface area contributed by atoms with Crippen LogP contribution in [-0.2, 0) is 21.1 Å². The zero-order chi connectivity index (χ0) is 23.6. The zero-order valence-electron chi connectivity index (χ0n) is 18.5. The molecule has 0 spiro atoms. The highest BCUT2D eigenvalue weighted by Gasteiger charge is 2.19. The van der Waals surface area contributed by atoms with E-state index in [0.717, 1.165) is 5.56 Å². The Bertz CT molecular complexity index is 1380. The fourth-order valence-corrected chi connectivity index (χ4v) is 4.44. The number of methoxy groups -OCH3 is 1. The number of fused-ring (bicyclic) bond motifs is 1. The fourth-order valence-electron chi connectivity index (χ4n) is 3.38. The number of anilines is 1. The highest BCUT2D eigenvalue weighted by molar-refractivity contribution is 7.92. The Morgan fingerprint density at radius 2 is 1.91 bits per heavy atom. The maximum absolute atomic E-state index is 12.7. The van der Waals surface area contributed by atoms with Crippen LogP contribution >= 0.6 is 0 Å². The molecule has 0 aliphatic rings. The monoisotopic (exact) mass is 464 g/mol. The minimum Gasteiger partial charge on any atom is -0.495 e. The summed E-state index contributed by atoms with van der Waals surface area (Å²) >= 11 is 0. The van der Waals surface area contributed by atoms with Crippen LogP contribution in [0.4, 0.5) is 5.69 Å². The Morgan fingerprint density at radius 3 is 2.58 bits per heavy atom. The number of amides is 1. The number of rotatable bonds is 7. The highest BCUT2D eigenvalue weighted by atomic mass is 32.2. The smallest absolute Gasteiger partial charge is 0.234 e. The van der Waals surface area contributed by atoms with Gasteiger partial charge in [0.05, 0.1) is 35.1 Å². The molecule has 0 bridgehead atoms. The Morgan fingerprint density at radius 1 is 1.15 bits per heavy atom. The van der Waals surface area contributed by atoms with Gasteiger partial charge in [0, 0.05) is 24.2 Å². The molecule has 0 aliphatic carbocycles. The molecule has 0 aliphatic heterocycles. The number of hydrogen-bond acceptors (Lipinski definition) is 6. The summed E-state index contributed by atoms with van der Waals surface area (Å²) in [6, 6.07) is 13.7. The van der Waals surface area contributed by atoms with Crippen molar-refractivity contribution in [2.45, 2.75) is 30.4 Å². The van der Waals surface area contributed by atoms with E-state index < -0.39 is 15.1 Å². The van der Waals surface area contributed by atoms with E-state index in [4.69, 9.17) is 4.74 Å². The average molecular weight is 465 g/mol. The lowest BCUT2D eigenvalue weighted by molar-refractivity contribution is -0.115. The van der Waals surface area contributed by atoms with Gasteiger partial charge in [0.15, 0.2) is 9.84 Å². The SMILES string of the molecule is COc1ccc(-c2cn3cccnc3n2)cc1NC(=O)Cc1ccc(S(=O)(=O)C(C)C)cc1. The summed E-state index contributed by atoms with van der Waals surface area (Å²) in [5, 5.41) is 2.38. The summed E-state index contributed by atoms with van der Waals surface area (Å²) in [5.41, 5.74) is 2.74. The van der Waals surface area contributed by atoms with Gasteiger partial charge in [-0.25, -0.2) is 18.4 Å². The van der Waals surface area contributed by atoms with E-state index in [1.54, 1.807) is 44.3 Å². The number of imidazole rings is 1. The van der Waals surface area contributed by atoms with Gasteiger partial charge in [0.2, 0.25) is 11.7 Å². The van der Waals surface area contributed by atoms with E-state index in [1.807, 2.05) is 28.9 Å². The molecule has 2 aromatic heterocycles. The number of aromatic nitrogens is 3. The van der Waals surface area contributed by atoms with Crippen molar-refractivity contribution in [1.82, 2.24) is 14.4 Å². The van der Waals surface area contributed by atoms with Crippen LogP contribution in [-0.4, -0.2) is 41.1 Å². The van der Waals surface area contributed by atoms with Crippen molar-refractivity contribution in [3.05, 3.63) is 72.7 Å². The van der Waals surface area contributed by atoms with E-state index in [-0.39, 0.29) is 17.2 Å². The van der Waals surface area contributed by atoms with Gasteiger partial charge in [-0.3, -0.25) is 9.20 Å². The maximum atomic E-state index is 12.7. The molecule has 0 saturated carbocycles. The van der Waals surface area contributed by atoms with Crippen molar-refractivity contribution in [2.75, 3.05) is 12.4 Å². The van der Waals surface area contributed by atoms with Crippen LogP contribution in [0.2, 0.25) is 0 Å². The van der Waals surface area contributed by atoms with Crippen LogP contribution < -0.4 is 10.1 Å². The van der Waals surface area contributed by atoms with E-state index in [0.29, 0.717) is 28.5 Å². The first-order valence-corrected chi connectivity index (χ1v) is 11.9. The fraction of sp³-hybridized carbons (Fsp3) is 0.208. The lowest BCUT2D eigenvalue weighted by atomic mass is 10.1. The molecule has 1 amide bonds. The summed E-state index contributed by atoms with van der Waals surface area (Å²) in [4.78, 5) is 21.7. The van der Waals surface area contributed by atoms with E-state index in [9.17, 15) is 13.2 Å². The molecule has 4 rings (SSSR count). The molecular weight excluding hydrogens is 440 g/mol. The highest BCUT2D eigenvalue weighted by Crippen LogP contribution is 2.30. The molecule has 170 valence electrons. The van der Waals surface area contributed by atoms with Crippen LogP contribution in [0, 0.1) is 0 Å². The van der Waals surface area contributed by atoms with Crippen LogP contribution in [0.3, 0.4) is 0 Å². The van der Waals surface area contributed by atoms with Crippen LogP contribution in [0.5, 0.6) is 5.75 Å². The van der Waals surface area contributed by atoms with Gasteiger partial charge in [-0.2, -0.15) is 0 Å². The standard InChI is InChI=1S/C24H24N4O4S/c1-16(2)33(30,31)19-8-5-17(6-9-19)13-23(29)26-20-14-18(7-10-22(20)32-3)21-15-28-12-4-11-25-24(28)27-21/h4-12,14-16H,13H2,1-3H3,(H,26,29). The molecule has 0 radical (unpaired) electrons. The molecular formula is C24H24N4O4S. The zero-order valence-corrected chi connectivity index (χ0v) is 19.3. The Labute approximate surface area is 192 Å². The predicted octanol–water partition coefficient (Wildman–Crippen LogP) is 3.77. The quantitative estimate of drug-likeness (QED) is 0.447. The molecule has 1 N–H and O–H groups in total. The van der Waals surface area contributed by atoms with Crippen molar-refractivity contribution in [3.8, 4) is 17.0 Å². The summed E-state index contributed by atoms with van der Waals surface area (Å²) in [5.74, 6) is 0.853. The third-order valence-electron chi connectivity index (χ3n) is 5.24. The third kappa shape index (κ3) is 4.73. The Balaban J connectivity index is 1.53. The number of carbonyl (C=O) groups is 1. The molecule has 0 fully saturated rings. The molecule has 2 heterocycles. The maximum Gasteiger partial charge on any atom is 0.234 e. The first-order chi connectivity index (χ1) is 15.8. The van der Waals surface area contributed by atoms with Gasteiger partial charge in [-0.05, 0) is 55.8 Å². The summed E-state index contributed by atoms with van der Waals surface area (Å²) in [6.07, 6.45) is 5.50. The molecule has 0 unspecified atom stereocenters. The van der Waals surface area contributed by atoms with Crippen LogP contribution in [0.1, 0.15) is 19.4 Å². The van der Waals surface area contributed by atoms with Crippen molar-refractivity contribution < 1.29 is 17.9 Å². The third-order valence-corrected chi connectivity index (χ3v) is 7.41. The van der Waals surface area contributed by atoms with Gasteiger partial charge in [-0.1, -0.05) is 12.1 Å². The second-order valence-electron chi connectivity index (χ2n) is 7.83. The van der Waals surface area contributed by atoms with Crippen molar-refractivity contribution in [1.29, 1.82) is 0 Å². The molecule has 33 heavy (non-hydrogen) atoms. The lowest BCUT2D eigenvalue weighted by Crippen LogP contribution is -2.16. The first-order valence-electron chi connectivity index (χ1n) is 10.4. The minimum atomic E-state index is -3.35. The van der Waals surface area contributed by atoms with E-state index >= 15 is 0 Å². The van der Waals surface area contributed by atoms with Crippen molar-refractivity contribution >= 4 is 27.2 Å². The summed E-state index contributed by atoms with van der Waals surface area (Å²) < 4.78 is 31.8. The normalized spacial score (nSPS) is 11.6. The van der Waals surface area contributed by atoms with Crippen molar-refractivity contribution in [3.63, 3.8) is 0 Å². The van der Waals surface area contributed by atoms with Gasteiger partial charge < -0.3 is 10.1 Å². The molecule has 4 aromatic rings. The molecule has 0 saturated heterocycles. The predicted molar refractivity (Wildman–Crippen MR) is 126 cm³/mol. The Hall–Kier alpha value is -3.72. The largest absolute Gasteiger partial charge is 0.495 e. The van der Waals surface area contributed by atoms with Crippen molar-refractivity contribution in [2.24, 2.45) is 0 Å². The number of ether oxygens (including phenoxy) is 1. The van der Waals surface area contributed by atoms with Gasteiger partial charge in [0.1, 0.15) is 5.75 Å².